The van der Waals surface area contributed by atoms with Crippen LogP contribution >= 0.6 is 0 Å². The number of benzene rings is 2. The van der Waals surface area contributed by atoms with Crippen LogP contribution in [0.1, 0.15) is 62.4 Å². The van der Waals surface area contributed by atoms with Crippen LogP contribution in [0.2, 0.25) is 0 Å². The summed E-state index contributed by atoms with van der Waals surface area (Å²) in [6.07, 6.45) is 6.72. The first-order chi connectivity index (χ1) is 18.6. The van der Waals surface area contributed by atoms with Crippen LogP contribution in [0.3, 0.4) is 0 Å². The number of aromatic nitrogens is 4. The lowest BCUT2D eigenvalue weighted by Crippen LogP contribution is -2.13. The van der Waals surface area contributed by atoms with Crippen molar-refractivity contribution in [2.75, 3.05) is 25.6 Å². The van der Waals surface area contributed by atoms with Gasteiger partial charge in [0.15, 0.2) is 28.8 Å². The molecule has 0 saturated heterocycles. The van der Waals surface area contributed by atoms with Gasteiger partial charge in [0.05, 0.1) is 39.3 Å². The summed E-state index contributed by atoms with van der Waals surface area (Å²) >= 11 is 0. The Hall–Kier alpha value is -3.65. The van der Waals surface area contributed by atoms with Gasteiger partial charge in [-0.1, -0.05) is 43.3 Å². The van der Waals surface area contributed by atoms with Gasteiger partial charge in [0.1, 0.15) is 5.82 Å². The summed E-state index contributed by atoms with van der Waals surface area (Å²) in [4.78, 5) is 14.5. The molecule has 1 atom stereocenters. The van der Waals surface area contributed by atoms with Gasteiger partial charge in [-0.15, -0.1) is 0 Å². The number of nitrogens with one attached hydrogen (secondary N) is 1. The molecule has 1 unspecified atom stereocenters. The Kier molecular flexibility index (Phi) is 8.38. The Morgan fingerprint density at radius 3 is 2.61 bits per heavy atom. The molecule has 2 aromatic rings. The van der Waals surface area contributed by atoms with Crippen LogP contribution in [-0.2, 0) is 17.9 Å². The van der Waals surface area contributed by atoms with E-state index in [-0.39, 0.29) is 12.0 Å². The van der Waals surface area contributed by atoms with Crippen LogP contribution in [0.5, 0.6) is 11.5 Å². The molecule has 1 saturated carbocycles. The monoisotopic (exact) mass is 515 g/mol. The molecule has 8 nitrogen and oxygen atoms in total. The van der Waals surface area contributed by atoms with Gasteiger partial charge in [-0.3, -0.25) is 0 Å². The lowest BCUT2D eigenvalue weighted by atomic mass is 10.2. The van der Waals surface area contributed by atoms with Crippen molar-refractivity contribution in [3.8, 4) is 23.0 Å². The van der Waals surface area contributed by atoms with E-state index in [0.717, 1.165) is 65.2 Å². The highest BCUT2D eigenvalue weighted by Gasteiger charge is 2.24. The highest BCUT2D eigenvalue weighted by molar-refractivity contribution is 5.67. The molecule has 8 heteroatoms. The number of methoxy groups -OCH3 is 1. The Morgan fingerprint density at radius 2 is 1.84 bits per heavy atom. The summed E-state index contributed by atoms with van der Waals surface area (Å²) in [7, 11) is 1.68. The number of imidazole rings is 1. The maximum absolute atomic E-state index is 6.32. The third kappa shape index (κ3) is 6.07. The van der Waals surface area contributed by atoms with Crippen LogP contribution in [0.15, 0.2) is 54.9 Å². The molecular weight excluding hydrogens is 478 g/mol. The van der Waals surface area contributed by atoms with Gasteiger partial charge < -0.3 is 24.1 Å². The minimum absolute atomic E-state index is 0.0430. The summed E-state index contributed by atoms with van der Waals surface area (Å²) in [5.41, 5.74) is 3.02. The van der Waals surface area contributed by atoms with Gasteiger partial charge in [-0.2, -0.15) is 0 Å². The third-order valence-electron chi connectivity index (χ3n) is 6.92. The molecule has 3 aliphatic rings. The molecule has 0 radical (unpaired) electrons. The molecule has 0 aromatic heterocycles. The van der Waals surface area contributed by atoms with Crippen molar-refractivity contribution in [1.29, 1.82) is 0 Å². The summed E-state index contributed by atoms with van der Waals surface area (Å²) in [5, 5.41) is 3.33. The molecule has 5 rings (SSSR count). The summed E-state index contributed by atoms with van der Waals surface area (Å²) in [6.45, 7) is 6.60. The number of hydrogen-bond acceptors (Lipinski definition) is 7. The Bertz CT molecular complexity index is 1290. The van der Waals surface area contributed by atoms with Crippen LogP contribution in [-0.4, -0.2) is 45.9 Å². The van der Waals surface area contributed by atoms with Crippen LogP contribution in [0.25, 0.3) is 11.5 Å². The predicted octanol–water partition coefficient (Wildman–Crippen LogP) is 5.91. The van der Waals surface area contributed by atoms with E-state index in [0.29, 0.717) is 19.8 Å². The number of anilines is 1. The Balaban J connectivity index is 1.36. The first-order valence-corrected chi connectivity index (χ1v) is 13.6. The lowest BCUT2D eigenvalue weighted by molar-refractivity contribution is 0.109. The maximum Gasteiger partial charge on any atom is 0.166 e. The van der Waals surface area contributed by atoms with Crippen molar-refractivity contribution in [1.82, 2.24) is 19.5 Å². The van der Waals surface area contributed by atoms with Gasteiger partial charge >= 0.3 is 0 Å². The largest absolute Gasteiger partial charge is 0.493 e. The van der Waals surface area contributed by atoms with Crippen molar-refractivity contribution in [3.63, 3.8) is 0 Å². The topological polar surface area (TPSA) is 83.3 Å². The Labute approximate surface area is 224 Å². The van der Waals surface area contributed by atoms with Crippen LogP contribution < -0.4 is 14.8 Å². The summed E-state index contributed by atoms with van der Waals surface area (Å²) in [6, 6.07) is 16.3. The maximum atomic E-state index is 6.32. The number of hydrogen-bond donors (Lipinski definition) is 1. The summed E-state index contributed by atoms with van der Waals surface area (Å²) < 4.78 is 19.9. The van der Waals surface area contributed by atoms with E-state index in [1.54, 1.807) is 7.11 Å². The second-order valence-electron chi connectivity index (χ2n) is 9.92. The molecule has 1 N–H and O–H groups in total. The quantitative estimate of drug-likeness (QED) is 0.251. The third-order valence-corrected chi connectivity index (χ3v) is 6.92. The smallest absolute Gasteiger partial charge is 0.166 e. The average Bonchev–Trinajstić information content (AvgIpc) is 3.62. The first-order valence-electron chi connectivity index (χ1n) is 13.6. The fourth-order valence-corrected chi connectivity index (χ4v) is 4.88. The SMILES string of the molecule is CCNc1ncn(Cc2ccc(OC)c(OC3CCCC3)c2)c2nc(C(C)COCc3ccccc3)nc1-2. The molecule has 0 spiro atoms. The number of nitrogens with zero attached hydrogens (tertiary/aromatic N) is 4. The van der Waals surface area contributed by atoms with E-state index >= 15 is 0 Å². The minimum Gasteiger partial charge on any atom is -0.493 e. The molecule has 2 aromatic carbocycles. The van der Waals surface area contributed by atoms with Crippen molar-refractivity contribution in [2.24, 2.45) is 0 Å². The number of ether oxygens (including phenoxy) is 3. The number of rotatable bonds is 12. The lowest BCUT2D eigenvalue weighted by Gasteiger charge is -2.18. The van der Waals surface area contributed by atoms with Gasteiger partial charge in [0.2, 0.25) is 0 Å². The Morgan fingerprint density at radius 1 is 1.03 bits per heavy atom. The fourth-order valence-electron chi connectivity index (χ4n) is 4.88. The first kappa shape index (κ1) is 26.0. The van der Waals surface area contributed by atoms with E-state index in [4.69, 9.17) is 24.2 Å². The zero-order chi connectivity index (χ0) is 26.3. The standard InChI is InChI=1S/C30H37N5O3/c1-4-31-29-27-30(34-28(33-27)21(2)18-37-19-22-10-6-5-7-11-22)35(20-32-29)17-23-14-15-25(36-3)26(16-23)38-24-12-8-9-13-24/h5-7,10-11,14-16,20-21,24,31H,4,8-9,12-13,17-19H2,1-3H3. The van der Waals surface area contributed by atoms with Gasteiger partial charge in [-0.05, 0) is 55.9 Å². The minimum atomic E-state index is 0.0430. The fraction of sp³-hybridized carbons (Fsp3) is 0.433. The van der Waals surface area contributed by atoms with E-state index in [1.807, 2.05) is 35.2 Å². The zero-order valence-corrected chi connectivity index (χ0v) is 22.5. The molecule has 2 aliphatic heterocycles. The molecule has 1 fully saturated rings. The zero-order valence-electron chi connectivity index (χ0n) is 22.5. The normalized spacial score (nSPS) is 14.6. The molecule has 200 valence electrons. The molecular formula is C30H37N5O3. The average molecular weight is 516 g/mol. The molecule has 2 heterocycles. The van der Waals surface area contributed by atoms with Crippen molar-refractivity contribution >= 4 is 5.82 Å². The highest BCUT2D eigenvalue weighted by atomic mass is 16.5. The number of fused-ring (bicyclic) bond motifs is 1. The van der Waals surface area contributed by atoms with E-state index in [2.05, 4.69) is 48.4 Å². The van der Waals surface area contributed by atoms with Gasteiger partial charge in [-0.25, -0.2) is 15.0 Å². The van der Waals surface area contributed by atoms with E-state index < -0.39 is 0 Å². The second-order valence-corrected chi connectivity index (χ2v) is 9.92. The van der Waals surface area contributed by atoms with Crippen LogP contribution in [0, 0.1) is 0 Å². The van der Waals surface area contributed by atoms with Gasteiger partial charge in [0, 0.05) is 12.5 Å². The summed E-state index contributed by atoms with van der Waals surface area (Å²) in [5.74, 6) is 3.90. The molecule has 1 aliphatic carbocycles. The molecule has 0 bridgehead atoms. The van der Waals surface area contributed by atoms with Gasteiger partial charge in [0.25, 0.3) is 0 Å². The molecule has 38 heavy (non-hydrogen) atoms. The van der Waals surface area contributed by atoms with Crippen molar-refractivity contribution < 1.29 is 14.2 Å². The van der Waals surface area contributed by atoms with E-state index in [9.17, 15) is 0 Å². The molecule has 0 amide bonds. The highest BCUT2D eigenvalue weighted by Crippen LogP contribution is 2.34. The van der Waals surface area contributed by atoms with Crippen LogP contribution in [0.4, 0.5) is 5.82 Å². The van der Waals surface area contributed by atoms with E-state index in [1.165, 1.54) is 12.8 Å². The predicted molar refractivity (Wildman–Crippen MR) is 148 cm³/mol. The second kappa shape index (κ2) is 12.3. The van der Waals surface area contributed by atoms with Crippen molar-refractivity contribution in [3.05, 3.63) is 71.8 Å². The van der Waals surface area contributed by atoms with Crippen molar-refractivity contribution in [2.45, 2.75) is 64.7 Å².